The van der Waals surface area contributed by atoms with Gasteiger partial charge in [-0.2, -0.15) is 0 Å². The van der Waals surface area contributed by atoms with Crippen LogP contribution in [0.2, 0.25) is 0 Å². The summed E-state index contributed by atoms with van der Waals surface area (Å²) in [6.07, 6.45) is 3.69. The number of carbonyl (C=O) groups is 2. The summed E-state index contributed by atoms with van der Waals surface area (Å²) in [7, 11) is 2.57. The first kappa shape index (κ1) is 16.9. The van der Waals surface area contributed by atoms with Crippen LogP contribution in [0.5, 0.6) is 0 Å². The molecule has 0 aliphatic heterocycles. The predicted molar refractivity (Wildman–Crippen MR) is 77.2 cm³/mol. The molecule has 1 aromatic rings. The second-order valence-electron chi connectivity index (χ2n) is 5.21. The molecule has 0 aliphatic rings. The van der Waals surface area contributed by atoms with E-state index in [0.29, 0.717) is 12.0 Å². The van der Waals surface area contributed by atoms with Crippen LogP contribution >= 0.6 is 0 Å². The Labute approximate surface area is 123 Å². The van der Waals surface area contributed by atoms with E-state index in [4.69, 9.17) is 4.74 Å². The topological polar surface area (TPSA) is 52.6 Å². The van der Waals surface area contributed by atoms with E-state index in [-0.39, 0.29) is 11.5 Å². The molecule has 0 saturated heterocycles. The molecule has 5 heteroatoms. The van der Waals surface area contributed by atoms with Gasteiger partial charge in [0.1, 0.15) is 5.82 Å². The Balaban J connectivity index is 2.82. The fraction of sp³-hybridized carbons (Fsp3) is 0.375. The van der Waals surface area contributed by atoms with Crippen molar-refractivity contribution >= 4 is 18.0 Å². The number of rotatable bonds is 5. The minimum absolute atomic E-state index is 0.155. The Hall–Kier alpha value is -2.17. The SMILES string of the molecule is COC(=O)c1ccc(C=CCC(C)(C)C(=O)OC)c(F)c1. The molecule has 0 heterocycles. The van der Waals surface area contributed by atoms with E-state index in [1.165, 1.54) is 26.4 Å². The second kappa shape index (κ2) is 7.02. The highest BCUT2D eigenvalue weighted by molar-refractivity contribution is 5.89. The van der Waals surface area contributed by atoms with Crippen LogP contribution in [0.25, 0.3) is 6.08 Å². The molecule has 114 valence electrons. The third kappa shape index (κ3) is 4.41. The lowest BCUT2D eigenvalue weighted by atomic mass is 9.89. The smallest absolute Gasteiger partial charge is 0.337 e. The van der Waals surface area contributed by atoms with E-state index in [1.807, 2.05) is 0 Å². The van der Waals surface area contributed by atoms with Crippen molar-refractivity contribution in [2.45, 2.75) is 20.3 Å². The highest BCUT2D eigenvalue weighted by Gasteiger charge is 2.26. The zero-order valence-electron chi connectivity index (χ0n) is 12.6. The molecule has 0 atom stereocenters. The van der Waals surface area contributed by atoms with Crippen LogP contribution in [0.4, 0.5) is 4.39 Å². The average molecular weight is 294 g/mol. The van der Waals surface area contributed by atoms with Crippen molar-refractivity contribution in [2.24, 2.45) is 5.41 Å². The third-order valence-electron chi connectivity index (χ3n) is 3.09. The standard InChI is InChI=1S/C16H19FO4/c1-16(2,15(19)21-4)9-5-6-11-7-8-12(10-13(11)17)14(18)20-3/h5-8,10H,9H2,1-4H3. The van der Waals surface area contributed by atoms with Crippen LogP contribution < -0.4 is 0 Å². The van der Waals surface area contributed by atoms with Gasteiger partial charge in [-0.3, -0.25) is 4.79 Å². The van der Waals surface area contributed by atoms with Gasteiger partial charge in [0, 0.05) is 5.56 Å². The van der Waals surface area contributed by atoms with Crippen molar-refractivity contribution in [2.75, 3.05) is 14.2 Å². The number of halogens is 1. The predicted octanol–water partition coefficient (Wildman–Crippen LogP) is 3.21. The number of hydrogen-bond donors (Lipinski definition) is 0. The number of hydrogen-bond acceptors (Lipinski definition) is 4. The maximum Gasteiger partial charge on any atom is 0.337 e. The molecule has 0 saturated carbocycles. The highest BCUT2D eigenvalue weighted by Crippen LogP contribution is 2.23. The lowest BCUT2D eigenvalue weighted by Gasteiger charge is -2.18. The molecule has 0 unspecified atom stereocenters. The van der Waals surface area contributed by atoms with E-state index in [1.54, 1.807) is 26.0 Å². The van der Waals surface area contributed by atoms with Gasteiger partial charge in [-0.15, -0.1) is 0 Å². The van der Waals surface area contributed by atoms with E-state index in [2.05, 4.69) is 4.74 Å². The van der Waals surface area contributed by atoms with Crippen LogP contribution in [0.15, 0.2) is 24.3 Å². The van der Waals surface area contributed by atoms with Gasteiger partial charge in [0.25, 0.3) is 0 Å². The summed E-state index contributed by atoms with van der Waals surface area (Å²) in [4.78, 5) is 22.8. The Bertz CT molecular complexity index is 561. The number of esters is 2. The van der Waals surface area contributed by atoms with Gasteiger partial charge in [-0.1, -0.05) is 18.2 Å². The molecule has 0 radical (unpaired) electrons. The highest BCUT2D eigenvalue weighted by atomic mass is 19.1. The quantitative estimate of drug-likeness (QED) is 0.782. The first-order valence-electron chi connectivity index (χ1n) is 6.44. The first-order valence-corrected chi connectivity index (χ1v) is 6.44. The number of benzene rings is 1. The van der Waals surface area contributed by atoms with Gasteiger partial charge in [0.05, 0.1) is 25.2 Å². The minimum Gasteiger partial charge on any atom is -0.469 e. The third-order valence-corrected chi connectivity index (χ3v) is 3.09. The zero-order valence-corrected chi connectivity index (χ0v) is 12.6. The Kier molecular flexibility index (Phi) is 5.64. The molecule has 0 aromatic heterocycles. The number of methoxy groups -OCH3 is 2. The van der Waals surface area contributed by atoms with Crippen molar-refractivity contribution < 1.29 is 23.5 Å². The van der Waals surface area contributed by atoms with Crippen LogP contribution in [0.1, 0.15) is 36.2 Å². The maximum absolute atomic E-state index is 13.8. The van der Waals surface area contributed by atoms with E-state index < -0.39 is 17.2 Å². The summed E-state index contributed by atoms with van der Waals surface area (Å²) < 4.78 is 23.1. The fourth-order valence-electron chi connectivity index (χ4n) is 1.75. The van der Waals surface area contributed by atoms with Crippen molar-refractivity contribution in [3.63, 3.8) is 0 Å². The van der Waals surface area contributed by atoms with Crippen molar-refractivity contribution in [1.82, 2.24) is 0 Å². The number of ether oxygens (including phenoxy) is 2. The first-order chi connectivity index (χ1) is 9.81. The van der Waals surface area contributed by atoms with Gasteiger partial charge in [-0.05, 0) is 32.4 Å². The van der Waals surface area contributed by atoms with Crippen LogP contribution in [0, 0.1) is 11.2 Å². The lowest BCUT2D eigenvalue weighted by molar-refractivity contribution is -0.150. The summed E-state index contributed by atoms with van der Waals surface area (Å²) in [6.45, 7) is 3.50. The van der Waals surface area contributed by atoms with Crippen molar-refractivity contribution in [3.8, 4) is 0 Å². The van der Waals surface area contributed by atoms with Crippen LogP contribution in [0.3, 0.4) is 0 Å². The summed E-state index contributed by atoms with van der Waals surface area (Å²) in [6, 6.07) is 4.10. The molecule has 0 spiro atoms. The lowest BCUT2D eigenvalue weighted by Crippen LogP contribution is -2.24. The summed E-state index contributed by atoms with van der Waals surface area (Å²) >= 11 is 0. The van der Waals surface area contributed by atoms with Crippen molar-refractivity contribution in [1.29, 1.82) is 0 Å². The van der Waals surface area contributed by atoms with Crippen LogP contribution in [-0.2, 0) is 14.3 Å². The van der Waals surface area contributed by atoms with Gasteiger partial charge in [0.2, 0.25) is 0 Å². The monoisotopic (exact) mass is 294 g/mol. The van der Waals surface area contributed by atoms with E-state index in [9.17, 15) is 14.0 Å². The molecular formula is C16H19FO4. The second-order valence-corrected chi connectivity index (χ2v) is 5.21. The molecule has 0 amide bonds. The fourth-order valence-corrected chi connectivity index (χ4v) is 1.75. The molecule has 4 nitrogen and oxygen atoms in total. The average Bonchev–Trinajstić information content (AvgIpc) is 2.46. The molecule has 0 fully saturated rings. The Morgan fingerprint density at radius 3 is 2.43 bits per heavy atom. The molecule has 0 aliphatic carbocycles. The molecular weight excluding hydrogens is 275 g/mol. The summed E-state index contributed by atoms with van der Waals surface area (Å²) in [5.74, 6) is -1.44. The van der Waals surface area contributed by atoms with Gasteiger partial charge >= 0.3 is 11.9 Å². The van der Waals surface area contributed by atoms with Gasteiger partial charge in [-0.25, -0.2) is 9.18 Å². The largest absolute Gasteiger partial charge is 0.469 e. The van der Waals surface area contributed by atoms with E-state index >= 15 is 0 Å². The molecule has 0 bridgehead atoms. The minimum atomic E-state index is -0.673. The van der Waals surface area contributed by atoms with Crippen molar-refractivity contribution in [3.05, 3.63) is 41.2 Å². The Morgan fingerprint density at radius 1 is 1.24 bits per heavy atom. The summed E-state index contributed by atoms with van der Waals surface area (Å²) in [5.41, 5.74) is -0.182. The normalized spacial score (nSPS) is 11.5. The Morgan fingerprint density at radius 2 is 1.90 bits per heavy atom. The van der Waals surface area contributed by atoms with Gasteiger partial charge in [0.15, 0.2) is 0 Å². The molecule has 1 aromatic carbocycles. The number of allylic oxidation sites excluding steroid dienone is 1. The van der Waals surface area contributed by atoms with Crippen LogP contribution in [-0.4, -0.2) is 26.2 Å². The molecule has 0 N–H and O–H groups in total. The maximum atomic E-state index is 13.8. The summed E-state index contributed by atoms with van der Waals surface area (Å²) in [5, 5.41) is 0. The molecule has 1 rings (SSSR count). The molecule has 21 heavy (non-hydrogen) atoms. The van der Waals surface area contributed by atoms with Gasteiger partial charge < -0.3 is 9.47 Å². The number of carbonyl (C=O) groups excluding carboxylic acids is 2. The van der Waals surface area contributed by atoms with E-state index in [0.717, 1.165) is 6.07 Å². The zero-order chi connectivity index (χ0) is 16.0.